The number of hydrogen-bond donors (Lipinski definition) is 2. The Morgan fingerprint density at radius 1 is 0.561 bits per heavy atom. The van der Waals surface area contributed by atoms with Crippen LogP contribution >= 0.6 is 0 Å². The molecule has 3 unspecified atom stereocenters. The van der Waals surface area contributed by atoms with Gasteiger partial charge in [0.2, 0.25) is 0 Å². The van der Waals surface area contributed by atoms with Crippen molar-refractivity contribution in [3.63, 3.8) is 0 Å². The summed E-state index contributed by atoms with van der Waals surface area (Å²) >= 11 is 0. The van der Waals surface area contributed by atoms with Crippen molar-refractivity contribution in [2.24, 2.45) is 0 Å². The fourth-order valence-electron chi connectivity index (χ4n) is 6.44. The third-order valence-corrected chi connectivity index (χ3v) is 8.58. The third-order valence-electron chi connectivity index (χ3n) is 8.58. The highest BCUT2D eigenvalue weighted by Gasteiger charge is 2.54. The molecular formula is C34H63NO6. The van der Waals surface area contributed by atoms with Crippen LogP contribution in [0.4, 0.5) is 0 Å². The van der Waals surface area contributed by atoms with Crippen molar-refractivity contribution in [1.82, 2.24) is 0 Å². The lowest BCUT2D eigenvalue weighted by molar-refractivity contribution is -0.975. The summed E-state index contributed by atoms with van der Waals surface area (Å²) in [5.74, 6) is -3.56. The number of carbonyl (C=O) groups excluding carboxylic acids is 1. The van der Waals surface area contributed by atoms with E-state index in [2.05, 4.69) is 19.1 Å². The summed E-state index contributed by atoms with van der Waals surface area (Å²) < 4.78 is -0.436. The molecule has 0 bridgehead atoms. The molecule has 0 heterocycles. The van der Waals surface area contributed by atoms with Crippen molar-refractivity contribution in [2.75, 3.05) is 6.54 Å². The first-order chi connectivity index (χ1) is 19.7. The Kier molecular flexibility index (Phi) is 23.5. The molecule has 7 heteroatoms. The number of hydrogen-bond acceptors (Lipinski definition) is 4. The summed E-state index contributed by atoms with van der Waals surface area (Å²) in [5, 5.41) is 33.0. The molecule has 0 aromatic carbocycles. The van der Waals surface area contributed by atoms with E-state index >= 15 is 0 Å². The molecule has 2 N–H and O–H groups in total. The van der Waals surface area contributed by atoms with Gasteiger partial charge in [-0.15, -0.1) is 0 Å². The maximum absolute atomic E-state index is 12.6. The number of allylic oxidation sites excluding steroid dienone is 2. The van der Waals surface area contributed by atoms with Crippen LogP contribution in [0.5, 0.6) is 0 Å². The van der Waals surface area contributed by atoms with E-state index in [0.29, 0.717) is 25.7 Å². The molecule has 0 saturated heterocycles. The molecule has 0 aliphatic heterocycles. The van der Waals surface area contributed by atoms with Crippen molar-refractivity contribution >= 4 is 17.9 Å². The number of carboxylic acid groups (broad SMARTS) is 3. The first kappa shape index (κ1) is 39.1. The van der Waals surface area contributed by atoms with E-state index in [1.165, 1.54) is 57.8 Å². The zero-order chi connectivity index (χ0) is 30.9. The van der Waals surface area contributed by atoms with Gasteiger partial charge in [0, 0.05) is 19.3 Å². The number of nitrogens with zero attached hydrogens (tertiary/aromatic N) is 1. The Labute approximate surface area is 251 Å². The molecule has 0 aliphatic carbocycles. The predicted molar refractivity (Wildman–Crippen MR) is 166 cm³/mol. The number of aliphatic carboxylic acids is 3. The lowest BCUT2D eigenvalue weighted by atomic mass is 9.91. The van der Waals surface area contributed by atoms with Crippen LogP contribution in [0.25, 0.3) is 0 Å². The molecule has 41 heavy (non-hydrogen) atoms. The van der Waals surface area contributed by atoms with Crippen molar-refractivity contribution < 1.29 is 34.2 Å². The van der Waals surface area contributed by atoms with Gasteiger partial charge in [0.1, 0.15) is 6.04 Å². The lowest BCUT2D eigenvalue weighted by Crippen LogP contribution is -2.74. The van der Waals surface area contributed by atoms with Crippen LogP contribution in [0.3, 0.4) is 0 Å². The normalized spacial score (nSPS) is 15.4. The second-order valence-corrected chi connectivity index (χ2v) is 11.9. The van der Waals surface area contributed by atoms with E-state index in [1.807, 2.05) is 20.8 Å². The van der Waals surface area contributed by atoms with E-state index in [1.54, 1.807) is 0 Å². The van der Waals surface area contributed by atoms with Crippen LogP contribution in [0.1, 0.15) is 163 Å². The highest BCUT2D eigenvalue weighted by molar-refractivity contribution is 5.77. The Bertz CT molecular complexity index is 662. The molecule has 0 aliphatic rings. The van der Waals surface area contributed by atoms with Gasteiger partial charge < -0.3 is 20.1 Å². The van der Waals surface area contributed by atoms with E-state index < -0.39 is 40.5 Å². The molecular weight excluding hydrogens is 518 g/mol. The van der Waals surface area contributed by atoms with Crippen molar-refractivity contribution in [3.05, 3.63) is 12.2 Å². The quantitative estimate of drug-likeness (QED) is 0.0532. The molecule has 240 valence electrons. The first-order valence-corrected chi connectivity index (χ1v) is 16.9. The number of rotatable bonds is 29. The second kappa shape index (κ2) is 24.7. The standard InChI is InChI=1S/C34H63NO6/c1-5-9-10-11-12-13-14-15-16-17-18-19-20-21-22-23-24-28-35(29(25-6-2)32(36)37,30(26-7-3)33(38)39)31(27-8-4)34(40)41/h14-15,29-31H,5-13,16-28H2,1-4H3,(H2-,36,37,38,39,40,41)/b15-14+. The summed E-state index contributed by atoms with van der Waals surface area (Å²) in [5.41, 5.74) is 0. The Hall–Kier alpha value is -1.89. The average Bonchev–Trinajstić information content (AvgIpc) is 2.93. The van der Waals surface area contributed by atoms with Crippen molar-refractivity contribution in [3.8, 4) is 0 Å². The summed E-state index contributed by atoms with van der Waals surface area (Å²) in [6.45, 7) is 8.05. The van der Waals surface area contributed by atoms with Gasteiger partial charge in [-0.05, 0) is 51.4 Å². The van der Waals surface area contributed by atoms with Gasteiger partial charge in [-0.2, -0.15) is 0 Å². The van der Waals surface area contributed by atoms with Gasteiger partial charge >= 0.3 is 11.9 Å². The summed E-state index contributed by atoms with van der Waals surface area (Å²) in [6, 6.07) is -3.33. The first-order valence-electron chi connectivity index (χ1n) is 16.9. The van der Waals surface area contributed by atoms with Gasteiger partial charge in [0.15, 0.2) is 12.1 Å². The van der Waals surface area contributed by atoms with E-state index in [9.17, 15) is 29.7 Å². The molecule has 7 nitrogen and oxygen atoms in total. The van der Waals surface area contributed by atoms with Crippen LogP contribution in [0.2, 0.25) is 0 Å². The Balaban J connectivity index is 5.02. The molecule has 0 amide bonds. The second-order valence-electron chi connectivity index (χ2n) is 11.9. The third kappa shape index (κ3) is 15.2. The van der Waals surface area contributed by atoms with Gasteiger partial charge in [-0.25, -0.2) is 9.59 Å². The monoisotopic (exact) mass is 581 g/mol. The summed E-state index contributed by atoms with van der Waals surface area (Å²) in [7, 11) is 0. The largest absolute Gasteiger partial charge is 0.544 e. The average molecular weight is 582 g/mol. The van der Waals surface area contributed by atoms with Gasteiger partial charge in [0.25, 0.3) is 0 Å². The predicted octanol–water partition coefficient (Wildman–Crippen LogP) is 7.66. The zero-order valence-corrected chi connectivity index (χ0v) is 26.9. The van der Waals surface area contributed by atoms with Crippen LogP contribution in [-0.4, -0.2) is 57.3 Å². The van der Waals surface area contributed by atoms with Crippen molar-refractivity contribution in [1.29, 1.82) is 0 Å². The molecule has 3 atom stereocenters. The molecule has 0 aromatic rings. The zero-order valence-electron chi connectivity index (χ0n) is 26.9. The van der Waals surface area contributed by atoms with Gasteiger partial charge in [-0.1, -0.05) is 104 Å². The van der Waals surface area contributed by atoms with Gasteiger partial charge in [0.05, 0.1) is 12.5 Å². The van der Waals surface area contributed by atoms with Crippen LogP contribution < -0.4 is 5.11 Å². The van der Waals surface area contributed by atoms with Crippen LogP contribution in [0.15, 0.2) is 12.2 Å². The van der Waals surface area contributed by atoms with E-state index in [4.69, 9.17) is 0 Å². The number of carboxylic acids is 3. The van der Waals surface area contributed by atoms with Crippen molar-refractivity contribution in [2.45, 2.75) is 181 Å². The highest BCUT2D eigenvalue weighted by Crippen LogP contribution is 2.34. The summed E-state index contributed by atoms with van der Waals surface area (Å²) in [4.78, 5) is 37.6. The number of unbranched alkanes of at least 4 members (excludes halogenated alkanes) is 13. The minimum atomic E-state index is -1.33. The number of carbonyl (C=O) groups is 3. The van der Waals surface area contributed by atoms with Crippen LogP contribution in [-0.2, 0) is 14.4 Å². The van der Waals surface area contributed by atoms with E-state index in [0.717, 1.165) is 32.1 Å². The molecule has 0 saturated carbocycles. The number of quaternary nitrogens is 1. The topological polar surface area (TPSA) is 115 Å². The molecule has 0 fully saturated rings. The fraction of sp³-hybridized carbons (Fsp3) is 0.853. The lowest BCUT2D eigenvalue weighted by Gasteiger charge is -2.52. The Morgan fingerprint density at radius 3 is 1.29 bits per heavy atom. The fourth-order valence-corrected chi connectivity index (χ4v) is 6.44. The van der Waals surface area contributed by atoms with E-state index in [-0.39, 0.29) is 25.8 Å². The Morgan fingerprint density at radius 2 is 0.927 bits per heavy atom. The maximum Gasteiger partial charge on any atom is 0.362 e. The minimum Gasteiger partial charge on any atom is -0.544 e. The summed E-state index contributed by atoms with van der Waals surface area (Å²) in [6.07, 6.45) is 24.2. The maximum atomic E-state index is 12.6. The molecule has 0 spiro atoms. The molecule has 0 rings (SSSR count). The van der Waals surface area contributed by atoms with Crippen LogP contribution in [0, 0.1) is 0 Å². The minimum absolute atomic E-state index is 0.206. The molecule has 0 aromatic heterocycles. The smallest absolute Gasteiger partial charge is 0.362 e. The SMILES string of the molecule is CCCCCCC/C=C/CCCCCCCCCC[N+](C(CCC)C(=O)[O-])(C(CCC)C(=O)O)C(CCC)C(=O)O. The highest BCUT2D eigenvalue weighted by atomic mass is 16.4. The molecule has 0 radical (unpaired) electrons. The van der Waals surface area contributed by atoms with Gasteiger partial charge in [-0.3, -0.25) is 4.48 Å².